The number of rotatable bonds is 9. The zero-order valence-corrected chi connectivity index (χ0v) is 18.1. The SMILES string of the molecule is CN(CC(=O)N1[C@H](CO)[C@H](O)[C@@H](O)[C@H](O)[C@H]1CO)C(=N)N.O=C(O)CC(O)(CC(=O)O)C(=O)O. The van der Waals surface area contributed by atoms with E-state index in [0.717, 1.165) is 9.80 Å². The number of likely N-dealkylation sites (tertiary alicyclic amines) is 1. The molecule has 0 aromatic rings. The molecule has 0 saturated carbocycles. The van der Waals surface area contributed by atoms with E-state index in [1.807, 2.05) is 0 Å². The quantitative estimate of drug-likeness (QED) is 0.104. The number of carboxylic acids is 3. The number of aliphatic hydroxyl groups excluding tert-OH is 5. The smallest absolute Gasteiger partial charge is 0.336 e. The van der Waals surface area contributed by atoms with Gasteiger partial charge in [0.15, 0.2) is 11.6 Å². The Morgan fingerprint density at radius 3 is 1.56 bits per heavy atom. The summed E-state index contributed by atoms with van der Waals surface area (Å²) < 4.78 is 0. The van der Waals surface area contributed by atoms with E-state index < -0.39 is 85.9 Å². The first kappa shape index (κ1) is 30.9. The Hall–Kier alpha value is -3.09. The molecule has 1 heterocycles. The van der Waals surface area contributed by atoms with Crippen LogP contribution >= 0.6 is 0 Å². The Balaban J connectivity index is 0.000000722. The zero-order valence-electron chi connectivity index (χ0n) is 18.1. The Kier molecular flexibility index (Phi) is 11.8. The molecule has 196 valence electrons. The van der Waals surface area contributed by atoms with E-state index in [1.54, 1.807) is 0 Å². The summed E-state index contributed by atoms with van der Waals surface area (Å²) >= 11 is 0. The maximum Gasteiger partial charge on any atom is 0.336 e. The van der Waals surface area contributed by atoms with Gasteiger partial charge in [-0.05, 0) is 0 Å². The Bertz CT molecular complexity index is 730. The van der Waals surface area contributed by atoms with E-state index >= 15 is 0 Å². The molecule has 0 aromatic carbocycles. The number of hydrogen-bond donors (Lipinski definition) is 11. The lowest BCUT2D eigenvalue weighted by atomic mass is 9.88. The molecule has 0 spiro atoms. The van der Waals surface area contributed by atoms with Crippen LogP contribution in [0.3, 0.4) is 0 Å². The van der Waals surface area contributed by atoms with Gasteiger partial charge >= 0.3 is 17.9 Å². The number of carbonyl (C=O) groups excluding carboxylic acids is 1. The summed E-state index contributed by atoms with van der Waals surface area (Å²) in [6, 6.07) is -2.35. The van der Waals surface area contributed by atoms with Gasteiger partial charge in [-0.2, -0.15) is 0 Å². The molecule has 1 rings (SSSR count). The molecular formula is C17H30N4O13. The maximum atomic E-state index is 12.3. The fraction of sp³-hybridized carbons (Fsp3) is 0.706. The molecule has 5 atom stereocenters. The Morgan fingerprint density at radius 2 is 1.29 bits per heavy atom. The first-order chi connectivity index (χ1) is 15.5. The molecule has 17 heteroatoms. The van der Waals surface area contributed by atoms with Gasteiger partial charge in [0.05, 0.1) is 44.7 Å². The number of piperidine rings is 1. The van der Waals surface area contributed by atoms with Crippen molar-refractivity contribution in [3.05, 3.63) is 0 Å². The van der Waals surface area contributed by atoms with Gasteiger partial charge in [-0.3, -0.25) is 19.8 Å². The molecule has 17 nitrogen and oxygen atoms in total. The number of nitrogens with one attached hydrogen (secondary N) is 1. The van der Waals surface area contributed by atoms with Crippen molar-refractivity contribution < 1.29 is 65.1 Å². The van der Waals surface area contributed by atoms with Crippen molar-refractivity contribution in [1.29, 1.82) is 5.41 Å². The highest BCUT2D eigenvalue weighted by atomic mass is 16.4. The summed E-state index contributed by atoms with van der Waals surface area (Å²) in [5, 5.41) is 89.1. The van der Waals surface area contributed by atoms with Gasteiger partial charge in [-0.15, -0.1) is 0 Å². The van der Waals surface area contributed by atoms with Crippen LogP contribution in [0.15, 0.2) is 0 Å². The van der Waals surface area contributed by atoms with Gasteiger partial charge in [0.1, 0.15) is 18.3 Å². The van der Waals surface area contributed by atoms with E-state index in [0.29, 0.717) is 0 Å². The molecule has 0 aromatic heterocycles. The molecule has 1 fully saturated rings. The third-order valence-electron chi connectivity index (χ3n) is 4.93. The average Bonchev–Trinajstić information content (AvgIpc) is 2.70. The largest absolute Gasteiger partial charge is 0.481 e. The number of guanidine groups is 1. The van der Waals surface area contributed by atoms with Crippen molar-refractivity contribution in [2.45, 2.75) is 48.8 Å². The van der Waals surface area contributed by atoms with Gasteiger partial charge in [0.2, 0.25) is 5.91 Å². The second kappa shape index (κ2) is 13.0. The summed E-state index contributed by atoms with van der Waals surface area (Å²) in [5.74, 6) is -6.03. The molecule has 0 bridgehead atoms. The predicted octanol–water partition coefficient (Wildman–Crippen LogP) is -5.79. The van der Waals surface area contributed by atoms with Gasteiger partial charge in [-0.25, -0.2) is 4.79 Å². The highest BCUT2D eigenvalue weighted by Gasteiger charge is 2.49. The summed E-state index contributed by atoms with van der Waals surface area (Å²) in [6.45, 7) is -1.65. The second-order valence-electron chi connectivity index (χ2n) is 7.49. The van der Waals surface area contributed by atoms with E-state index in [4.69, 9.17) is 31.6 Å². The van der Waals surface area contributed by atoms with E-state index in [2.05, 4.69) is 0 Å². The van der Waals surface area contributed by atoms with Crippen LogP contribution in [0, 0.1) is 5.41 Å². The van der Waals surface area contributed by atoms with Crippen LogP contribution in [0.1, 0.15) is 12.8 Å². The van der Waals surface area contributed by atoms with Gasteiger partial charge in [0, 0.05) is 7.05 Å². The topological polar surface area (TPSA) is 307 Å². The molecule has 1 aliphatic rings. The molecule has 0 aliphatic carbocycles. The molecule has 1 aliphatic heterocycles. The van der Waals surface area contributed by atoms with Gasteiger partial charge in [0.25, 0.3) is 0 Å². The van der Waals surface area contributed by atoms with Crippen molar-refractivity contribution in [2.75, 3.05) is 26.8 Å². The summed E-state index contributed by atoms with van der Waals surface area (Å²) in [6.07, 6.45) is -6.99. The Morgan fingerprint density at radius 1 is 0.912 bits per heavy atom. The first-order valence-electron chi connectivity index (χ1n) is 9.55. The molecule has 1 amide bonds. The van der Waals surface area contributed by atoms with Crippen molar-refractivity contribution in [2.24, 2.45) is 5.73 Å². The average molecular weight is 498 g/mol. The van der Waals surface area contributed by atoms with Crippen LogP contribution in [-0.4, -0.2) is 148 Å². The standard InChI is InChI=1S/C11H22N4O6.C6H8O7/c1-14(11(12)13)2-7(18)15-5(3-16)8(19)10(21)9(20)6(15)4-17;7-3(8)1-6(13,5(11)12)2-4(9)10/h5-6,8-10,16-17,19-21H,2-4H2,1H3,(H3,12,13);13H,1-2H2,(H,7,8)(H,9,10)(H,11,12)/t5-,6-,8-,9+,10+;/m1./s1. The number of aliphatic hydroxyl groups is 6. The maximum absolute atomic E-state index is 12.3. The summed E-state index contributed by atoms with van der Waals surface area (Å²) in [4.78, 5) is 44.8. The highest BCUT2D eigenvalue weighted by Crippen LogP contribution is 2.25. The van der Waals surface area contributed by atoms with Gasteiger partial charge in [-0.1, -0.05) is 0 Å². The van der Waals surface area contributed by atoms with E-state index in [9.17, 15) is 44.7 Å². The van der Waals surface area contributed by atoms with Crippen molar-refractivity contribution in [3.8, 4) is 0 Å². The van der Waals surface area contributed by atoms with Crippen molar-refractivity contribution in [1.82, 2.24) is 9.80 Å². The van der Waals surface area contributed by atoms with Crippen LogP contribution in [0.5, 0.6) is 0 Å². The van der Waals surface area contributed by atoms with Gasteiger partial charge < -0.3 is 61.5 Å². The lowest BCUT2D eigenvalue weighted by molar-refractivity contribution is -0.187. The number of likely N-dealkylation sites (N-methyl/N-ethyl adjacent to an activating group) is 1. The minimum absolute atomic E-state index is 0.335. The fourth-order valence-electron chi connectivity index (χ4n) is 3.08. The zero-order chi connectivity index (χ0) is 27.0. The number of carboxylic acid groups (broad SMARTS) is 3. The van der Waals surface area contributed by atoms with Crippen LogP contribution in [0.25, 0.3) is 0 Å². The summed E-state index contributed by atoms with van der Waals surface area (Å²) in [7, 11) is 1.40. The van der Waals surface area contributed by atoms with Crippen molar-refractivity contribution in [3.63, 3.8) is 0 Å². The normalized spacial score (nSPS) is 24.4. The molecule has 1 saturated heterocycles. The minimum atomic E-state index is -2.74. The fourth-order valence-corrected chi connectivity index (χ4v) is 3.08. The molecule has 0 radical (unpaired) electrons. The lowest BCUT2D eigenvalue weighted by Gasteiger charge is -2.48. The van der Waals surface area contributed by atoms with Crippen LogP contribution in [0.4, 0.5) is 0 Å². The molecule has 0 unspecified atom stereocenters. The number of nitrogens with two attached hydrogens (primary N) is 1. The van der Waals surface area contributed by atoms with Crippen LogP contribution < -0.4 is 5.73 Å². The van der Waals surface area contributed by atoms with Crippen molar-refractivity contribution >= 4 is 29.8 Å². The van der Waals surface area contributed by atoms with Crippen LogP contribution in [0.2, 0.25) is 0 Å². The first-order valence-corrected chi connectivity index (χ1v) is 9.55. The summed E-state index contributed by atoms with van der Waals surface area (Å²) in [5.41, 5.74) is 2.49. The number of hydrogen-bond acceptors (Lipinski definition) is 11. The van der Waals surface area contributed by atoms with E-state index in [1.165, 1.54) is 7.05 Å². The number of carbonyl (C=O) groups is 4. The molecular weight excluding hydrogens is 468 g/mol. The number of amides is 1. The number of nitrogens with zero attached hydrogens (tertiary/aromatic N) is 2. The Labute approximate surface area is 192 Å². The molecule has 12 N–H and O–H groups in total. The van der Waals surface area contributed by atoms with Crippen LogP contribution in [-0.2, 0) is 19.2 Å². The third-order valence-corrected chi connectivity index (χ3v) is 4.93. The monoisotopic (exact) mass is 498 g/mol. The van der Waals surface area contributed by atoms with E-state index in [-0.39, 0.29) is 12.5 Å². The molecule has 34 heavy (non-hydrogen) atoms. The third kappa shape index (κ3) is 8.04. The second-order valence-corrected chi connectivity index (χ2v) is 7.49. The predicted molar refractivity (Wildman–Crippen MR) is 108 cm³/mol. The minimum Gasteiger partial charge on any atom is -0.481 e. The lowest BCUT2D eigenvalue weighted by Crippen LogP contribution is -2.70. The number of aliphatic carboxylic acids is 3. The highest BCUT2D eigenvalue weighted by molar-refractivity contribution is 5.88.